The third-order valence-corrected chi connectivity index (χ3v) is 2.83. The van der Waals surface area contributed by atoms with E-state index >= 15 is 0 Å². The summed E-state index contributed by atoms with van der Waals surface area (Å²) in [7, 11) is 0. The third kappa shape index (κ3) is 3.32. The molecule has 0 saturated carbocycles. The van der Waals surface area contributed by atoms with E-state index in [1.807, 2.05) is 25.1 Å². The smallest absolute Gasteiger partial charge is 0.244 e. The average molecular weight is 276 g/mol. The number of primary amides is 1. The van der Waals surface area contributed by atoms with Gasteiger partial charge in [0.05, 0.1) is 0 Å². The Balaban J connectivity index is 2.34. The van der Waals surface area contributed by atoms with E-state index in [4.69, 9.17) is 5.73 Å². The van der Waals surface area contributed by atoms with Gasteiger partial charge in [0.25, 0.3) is 0 Å². The Kier molecular flexibility index (Phi) is 3.98. The van der Waals surface area contributed by atoms with Crippen molar-refractivity contribution in [3.05, 3.63) is 65.2 Å². The number of hydrogen-bond donors (Lipinski definition) is 2. The fourth-order valence-corrected chi connectivity index (χ4v) is 1.96. The first-order valence-electron chi connectivity index (χ1n) is 6.04. The van der Waals surface area contributed by atoms with Gasteiger partial charge in [0.15, 0.2) is 0 Å². The van der Waals surface area contributed by atoms with Crippen LogP contribution in [0.4, 0.5) is 14.5 Å². The summed E-state index contributed by atoms with van der Waals surface area (Å²) in [5, 5.41) is 2.88. The Morgan fingerprint density at radius 3 is 2.35 bits per heavy atom. The van der Waals surface area contributed by atoms with Crippen LogP contribution in [-0.4, -0.2) is 5.91 Å². The van der Waals surface area contributed by atoms with Gasteiger partial charge >= 0.3 is 0 Å². The van der Waals surface area contributed by atoms with Crippen LogP contribution >= 0.6 is 0 Å². The predicted molar refractivity (Wildman–Crippen MR) is 73.1 cm³/mol. The second-order valence-corrected chi connectivity index (χ2v) is 4.55. The minimum absolute atomic E-state index is 0.150. The summed E-state index contributed by atoms with van der Waals surface area (Å²) in [4.78, 5) is 11.5. The zero-order valence-electron chi connectivity index (χ0n) is 10.9. The summed E-state index contributed by atoms with van der Waals surface area (Å²) in [5.41, 5.74) is 7.10. The minimum atomic E-state index is -0.998. The highest BCUT2D eigenvalue weighted by molar-refractivity contribution is 5.84. The van der Waals surface area contributed by atoms with Gasteiger partial charge in [-0.25, -0.2) is 8.78 Å². The molecular formula is C15H14F2N2O. The topological polar surface area (TPSA) is 55.1 Å². The minimum Gasteiger partial charge on any atom is -0.370 e. The van der Waals surface area contributed by atoms with Gasteiger partial charge in [0, 0.05) is 11.8 Å². The van der Waals surface area contributed by atoms with Gasteiger partial charge in [-0.3, -0.25) is 4.79 Å². The SMILES string of the molecule is Cc1cccc(NC(C(N)=O)c2cc(F)cc(F)c2)c1. The van der Waals surface area contributed by atoms with E-state index in [-0.39, 0.29) is 5.56 Å². The maximum atomic E-state index is 13.2. The molecule has 0 radical (unpaired) electrons. The molecule has 1 amide bonds. The number of amides is 1. The molecule has 0 spiro atoms. The van der Waals surface area contributed by atoms with Gasteiger partial charge in [0.1, 0.15) is 17.7 Å². The van der Waals surface area contributed by atoms with Crippen molar-refractivity contribution >= 4 is 11.6 Å². The van der Waals surface area contributed by atoms with Crippen LogP contribution in [0, 0.1) is 18.6 Å². The van der Waals surface area contributed by atoms with Crippen LogP contribution in [0.1, 0.15) is 17.2 Å². The van der Waals surface area contributed by atoms with E-state index < -0.39 is 23.6 Å². The number of carbonyl (C=O) groups excluding carboxylic acids is 1. The molecule has 104 valence electrons. The van der Waals surface area contributed by atoms with Crippen molar-refractivity contribution in [3.63, 3.8) is 0 Å². The largest absolute Gasteiger partial charge is 0.370 e. The monoisotopic (exact) mass is 276 g/mol. The van der Waals surface area contributed by atoms with Crippen LogP contribution in [0.5, 0.6) is 0 Å². The second kappa shape index (κ2) is 5.69. The molecule has 0 fully saturated rings. The normalized spacial score (nSPS) is 11.9. The van der Waals surface area contributed by atoms with Crippen LogP contribution in [0.2, 0.25) is 0 Å². The number of anilines is 1. The van der Waals surface area contributed by atoms with E-state index in [2.05, 4.69) is 5.32 Å². The number of nitrogens with one attached hydrogen (secondary N) is 1. The van der Waals surface area contributed by atoms with Crippen molar-refractivity contribution in [2.45, 2.75) is 13.0 Å². The molecule has 1 atom stereocenters. The average Bonchev–Trinajstić information content (AvgIpc) is 2.34. The highest BCUT2D eigenvalue weighted by Gasteiger charge is 2.19. The Morgan fingerprint density at radius 1 is 1.15 bits per heavy atom. The molecule has 0 saturated heterocycles. The highest BCUT2D eigenvalue weighted by atomic mass is 19.1. The molecule has 0 aliphatic rings. The van der Waals surface area contributed by atoms with Crippen LogP contribution < -0.4 is 11.1 Å². The highest BCUT2D eigenvalue weighted by Crippen LogP contribution is 2.22. The lowest BCUT2D eigenvalue weighted by Gasteiger charge is -2.17. The number of aryl methyl sites for hydroxylation is 1. The number of nitrogens with two attached hydrogens (primary N) is 1. The quantitative estimate of drug-likeness (QED) is 0.902. The first-order chi connectivity index (χ1) is 9.45. The molecule has 0 aliphatic heterocycles. The fourth-order valence-electron chi connectivity index (χ4n) is 1.96. The number of carbonyl (C=O) groups is 1. The standard InChI is InChI=1S/C15H14F2N2O/c1-9-3-2-4-13(5-9)19-14(15(18)20)10-6-11(16)8-12(17)7-10/h2-8,14,19H,1H3,(H2,18,20). The van der Waals surface area contributed by atoms with Crippen LogP contribution in [0.15, 0.2) is 42.5 Å². The van der Waals surface area contributed by atoms with Crippen LogP contribution in [0.3, 0.4) is 0 Å². The van der Waals surface area contributed by atoms with Crippen molar-refractivity contribution in [1.29, 1.82) is 0 Å². The molecule has 2 rings (SSSR count). The molecule has 3 nitrogen and oxygen atoms in total. The summed E-state index contributed by atoms with van der Waals surface area (Å²) in [5.74, 6) is -2.22. The van der Waals surface area contributed by atoms with E-state index in [9.17, 15) is 13.6 Å². The Bertz CT molecular complexity index is 623. The summed E-state index contributed by atoms with van der Waals surface area (Å²) in [6.07, 6.45) is 0. The lowest BCUT2D eigenvalue weighted by Crippen LogP contribution is -2.28. The lowest BCUT2D eigenvalue weighted by atomic mass is 10.1. The van der Waals surface area contributed by atoms with Crippen molar-refractivity contribution in [2.24, 2.45) is 5.73 Å². The third-order valence-electron chi connectivity index (χ3n) is 2.83. The van der Waals surface area contributed by atoms with Gasteiger partial charge in [-0.1, -0.05) is 12.1 Å². The molecule has 3 N–H and O–H groups in total. The molecule has 20 heavy (non-hydrogen) atoms. The number of hydrogen-bond acceptors (Lipinski definition) is 2. The van der Waals surface area contributed by atoms with Gasteiger partial charge in [-0.2, -0.15) is 0 Å². The zero-order valence-corrected chi connectivity index (χ0v) is 10.9. The van der Waals surface area contributed by atoms with Crippen molar-refractivity contribution in [3.8, 4) is 0 Å². The molecule has 0 aromatic heterocycles. The molecule has 2 aromatic rings. The fraction of sp³-hybridized carbons (Fsp3) is 0.133. The summed E-state index contributed by atoms with van der Waals surface area (Å²) < 4.78 is 26.5. The maximum Gasteiger partial charge on any atom is 0.244 e. The molecule has 2 aromatic carbocycles. The predicted octanol–water partition coefficient (Wildman–Crippen LogP) is 2.91. The number of benzene rings is 2. The van der Waals surface area contributed by atoms with E-state index in [1.165, 1.54) is 0 Å². The summed E-state index contributed by atoms with van der Waals surface area (Å²) in [6.45, 7) is 1.90. The second-order valence-electron chi connectivity index (χ2n) is 4.55. The Labute approximate surface area is 115 Å². The van der Waals surface area contributed by atoms with Gasteiger partial charge in [-0.15, -0.1) is 0 Å². The first-order valence-corrected chi connectivity index (χ1v) is 6.04. The van der Waals surface area contributed by atoms with Crippen molar-refractivity contribution in [1.82, 2.24) is 0 Å². The molecule has 5 heteroatoms. The van der Waals surface area contributed by atoms with E-state index in [0.717, 1.165) is 23.8 Å². The van der Waals surface area contributed by atoms with Gasteiger partial charge in [-0.05, 0) is 42.3 Å². The summed E-state index contributed by atoms with van der Waals surface area (Å²) in [6, 6.07) is 9.18. The van der Waals surface area contributed by atoms with Crippen molar-refractivity contribution in [2.75, 3.05) is 5.32 Å². The Hall–Kier alpha value is -2.43. The Morgan fingerprint density at radius 2 is 1.80 bits per heavy atom. The number of halogens is 2. The molecule has 0 heterocycles. The number of rotatable bonds is 4. The molecular weight excluding hydrogens is 262 g/mol. The van der Waals surface area contributed by atoms with Crippen LogP contribution in [0.25, 0.3) is 0 Å². The van der Waals surface area contributed by atoms with Crippen LogP contribution in [-0.2, 0) is 4.79 Å². The molecule has 0 aliphatic carbocycles. The first kappa shape index (κ1) is 14.0. The molecule has 1 unspecified atom stereocenters. The molecule has 0 bridgehead atoms. The van der Waals surface area contributed by atoms with E-state index in [1.54, 1.807) is 6.07 Å². The maximum absolute atomic E-state index is 13.2. The van der Waals surface area contributed by atoms with Gasteiger partial charge in [0.2, 0.25) is 5.91 Å². The van der Waals surface area contributed by atoms with E-state index in [0.29, 0.717) is 5.69 Å². The lowest BCUT2D eigenvalue weighted by molar-refractivity contribution is -0.118. The van der Waals surface area contributed by atoms with Gasteiger partial charge < -0.3 is 11.1 Å². The van der Waals surface area contributed by atoms with Crippen molar-refractivity contribution < 1.29 is 13.6 Å². The zero-order chi connectivity index (χ0) is 14.7. The summed E-state index contributed by atoms with van der Waals surface area (Å²) >= 11 is 0.